The van der Waals surface area contributed by atoms with Crippen LogP contribution in [0.25, 0.3) is 10.9 Å². The number of H-pyrrole nitrogens is 2. The minimum atomic E-state index is -0.0907. The van der Waals surface area contributed by atoms with E-state index in [-0.39, 0.29) is 5.56 Å². The van der Waals surface area contributed by atoms with Gasteiger partial charge in [-0.25, -0.2) is 9.97 Å². The Morgan fingerprint density at radius 2 is 2.15 bits per heavy atom. The van der Waals surface area contributed by atoms with Gasteiger partial charge in [0.1, 0.15) is 5.82 Å². The number of fused-ring (bicyclic) bond motifs is 1. The second-order valence-corrected chi connectivity index (χ2v) is 5.20. The minimum Gasteiger partial charge on any atom is -0.348 e. The van der Waals surface area contributed by atoms with E-state index >= 15 is 0 Å². The van der Waals surface area contributed by atoms with Crippen molar-refractivity contribution in [2.24, 2.45) is 0 Å². The molecule has 0 saturated carbocycles. The number of benzene rings is 1. The van der Waals surface area contributed by atoms with E-state index < -0.39 is 0 Å². The minimum absolute atomic E-state index is 0.0907. The molecule has 0 aliphatic rings. The van der Waals surface area contributed by atoms with Gasteiger partial charge in [-0.15, -0.1) is 0 Å². The lowest BCUT2D eigenvalue weighted by molar-refractivity contribution is 0.867. The van der Waals surface area contributed by atoms with Crippen molar-refractivity contribution in [2.75, 3.05) is 0 Å². The van der Waals surface area contributed by atoms with Crippen LogP contribution in [0.5, 0.6) is 0 Å². The molecule has 3 aromatic rings. The Kier molecular flexibility index (Phi) is 3.10. The lowest BCUT2D eigenvalue weighted by Gasteiger charge is -2.07. The van der Waals surface area contributed by atoms with E-state index in [0.717, 1.165) is 16.8 Å². The first-order chi connectivity index (χ1) is 9.63. The van der Waals surface area contributed by atoms with Crippen molar-refractivity contribution in [2.45, 2.75) is 26.2 Å². The standard InChI is InChI=1S/C15H16N4O/c1-9(2)10-3-4-13-12(5-10)15(20)19-14(18-13)6-11-7-16-8-17-11/h3-5,7-9H,6H2,1-2H3,(H,16,17)(H,18,19,20). The van der Waals surface area contributed by atoms with E-state index in [9.17, 15) is 4.79 Å². The Morgan fingerprint density at radius 1 is 1.30 bits per heavy atom. The largest absolute Gasteiger partial charge is 0.348 e. The molecule has 0 saturated heterocycles. The number of nitrogens with one attached hydrogen (secondary N) is 2. The fourth-order valence-corrected chi connectivity index (χ4v) is 2.21. The summed E-state index contributed by atoms with van der Waals surface area (Å²) in [6, 6.07) is 5.86. The molecule has 0 aliphatic heterocycles. The number of rotatable bonds is 3. The molecular formula is C15H16N4O. The molecule has 2 heterocycles. The highest BCUT2D eigenvalue weighted by Crippen LogP contribution is 2.18. The number of aromatic amines is 2. The van der Waals surface area contributed by atoms with Crippen molar-refractivity contribution in [3.8, 4) is 0 Å². The Bertz CT molecular complexity index is 787. The van der Waals surface area contributed by atoms with Crippen molar-refractivity contribution >= 4 is 10.9 Å². The average Bonchev–Trinajstić information content (AvgIpc) is 2.91. The zero-order valence-corrected chi connectivity index (χ0v) is 11.5. The first-order valence-corrected chi connectivity index (χ1v) is 6.63. The Hall–Kier alpha value is -2.43. The number of imidazole rings is 1. The van der Waals surface area contributed by atoms with Gasteiger partial charge in [0, 0.05) is 18.3 Å². The van der Waals surface area contributed by atoms with Crippen molar-refractivity contribution in [1.29, 1.82) is 0 Å². The molecule has 2 N–H and O–H groups in total. The number of hydrogen-bond donors (Lipinski definition) is 2. The van der Waals surface area contributed by atoms with E-state index in [1.54, 1.807) is 12.5 Å². The molecule has 20 heavy (non-hydrogen) atoms. The molecular weight excluding hydrogens is 252 g/mol. The molecule has 2 aromatic heterocycles. The predicted molar refractivity (Wildman–Crippen MR) is 77.8 cm³/mol. The zero-order valence-electron chi connectivity index (χ0n) is 11.5. The summed E-state index contributed by atoms with van der Waals surface area (Å²) >= 11 is 0. The van der Waals surface area contributed by atoms with E-state index in [0.29, 0.717) is 23.5 Å². The fraction of sp³-hybridized carbons (Fsp3) is 0.267. The van der Waals surface area contributed by atoms with Crippen molar-refractivity contribution in [3.05, 3.63) is 58.2 Å². The second kappa shape index (κ2) is 4.92. The molecule has 5 heteroatoms. The third kappa shape index (κ3) is 2.34. The van der Waals surface area contributed by atoms with Crippen molar-refractivity contribution in [3.63, 3.8) is 0 Å². The van der Waals surface area contributed by atoms with Crippen LogP contribution in [0.15, 0.2) is 35.5 Å². The number of nitrogens with zero attached hydrogens (tertiary/aromatic N) is 2. The summed E-state index contributed by atoms with van der Waals surface area (Å²) in [6.45, 7) is 4.21. The predicted octanol–water partition coefficient (Wildman–Crippen LogP) is 2.36. The fourth-order valence-electron chi connectivity index (χ4n) is 2.21. The van der Waals surface area contributed by atoms with Crippen molar-refractivity contribution in [1.82, 2.24) is 19.9 Å². The van der Waals surface area contributed by atoms with Crippen LogP contribution >= 0.6 is 0 Å². The summed E-state index contributed by atoms with van der Waals surface area (Å²) < 4.78 is 0. The molecule has 5 nitrogen and oxygen atoms in total. The smallest absolute Gasteiger partial charge is 0.258 e. The van der Waals surface area contributed by atoms with Crippen LogP contribution in [0.4, 0.5) is 0 Å². The molecule has 0 radical (unpaired) electrons. The number of aromatic nitrogens is 4. The molecule has 102 valence electrons. The monoisotopic (exact) mass is 268 g/mol. The normalized spacial score (nSPS) is 11.3. The highest BCUT2D eigenvalue weighted by molar-refractivity contribution is 5.78. The highest BCUT2D eigenvalue weighted by atomic mass is 16.1. The van der Waals surface area contributed by atoms with Crippen LogP contribution < -0.4 is 5.56 Å². The molecule has 1 aromatic carbocycles. The molecule has 0 unspecified atom stereocenters. The van der Waals surface area contributed by atoms with Crippen LogP contribution in [-0.2, 0) is 6.42 Å². The summed E-state index contributed by atoms with van der Waals surface area (Å²) in [5.74, 6) is 1.03. The van der Waals surface area contributed by atoms with Gasteiger partial charge in [-0.05, 0) is 23.6 Å². The molecule has 0 bridgehead atoms. The van der Waals surface area contributed by atoms with Gasteiger partial charge in [-0.3, -0.25) is 4.79 Å². The van der Waals surface area contributed by atoms with Gasteiger partial charge in [0.15, 0.2) is 0 Å². The third-order valence-electron chi connectivity index (χ3n) is 3.36. The Morgan fingerprint density at radius 3 is 2.85 bits per heavy atom. The van der Waals surface area contributed by atoms with E-state index in [4.69, 9.17) is 0 Å². The molecule has 3 rings (SSSR count). The summed E-state index contributed by atoms with van der Waals surface area (Å²) in [4.78, 5) is 26.5. The van der Waals surface area contributed by atoms with Gasteiger partial charge in [0.2, 0.25) is 0 Å². The molecule has 0 atom stereocenters. The Labute approximate surface area is 116 Å². The zero-order chi connectivity index (χ0) is 14.1. The molecule has 0 spiro atoms. The summed E-state index contributed by atoms with van der Waals surface area (Å²) in [7, 11) is 0. The lowest BCUT2D eigenvalue weighted by atomic mass is 10.0. The first-order valence-electron chi connectivity index (χ1n) is 6.63. The van der Waals surface area contributed by atoms with Crippen LogP contribution in [0, 0.1) is 0 Å². The van der Waals surface area contributed by atoms with Crippen LogP contribution in [-0.4, -0.2) is 19.9 Å². The van der Waals surface area contributed by atoms with Gasteiger partial charge in [-0.2, -0.15) is 0 Å². The average molecular weight is 268 g/mol. The maximum Gasteiger partial charge on any atom is 0.258 e. The summed E-state index contributed by atoms with van der Waals surface area (Å²) in [5, 5.41) is 0.643. The van der Waals surface area contributed by atoms with Gasteiger partial charge < -0.3 is 9.97 Å². The molecule has 0 fully saturated rings. The summed E-state index contributed by atoms with van der Waals surface area (Å²) in [5.41, 5.74) is 2.71. The maximum atomic E-state index is 12.2. The maximum absolute atomic E-state index is 12.2. The van der Waals surface area contributed by atoms with E-state index in [1.807, 2.05) is 18.2 Å². The SMILES string of the molecule is CC(C)c1ccc2nc(Cc3cnc[nH]3)[nH]c(=O)c2c1. The van der Waals surface area contributed by atoms with Crippen LogP contribution in [0.1, 0.15) is 36.8 Å². The van der Waals surface area contributed by atoms with E-state index in [2.05, 4.69) is 33.8 Å². The first kappa shape index (κ1) is 12.6. The molecule has 0 amide bonds. The van der Waals surface area contributed by atoms with Gasteiger partial charge in [-0.1, -0.05) is 19.9 Å². The molecule has 0 aliphatic carbocycles. The van der Waals surface area contributed by atoms with Gasteiger partial charge >= 0.3 is 0 Å². The van der Waals surface area contributed by atoms with Crippen LogP contribution in [0.2, 0.25) is 0 Å². The van der Waals surface area contributed by atoms with Gasteiger partial charge in [0.05, 0.1) is 17.2 Å². The second-order valence-electron chi connectivity index (χ2n) is 5.20. The Balaban J connectivity index is 2.06. The number of hydrogen-bond acceptors (Lipinski definition) is 3. The van der Waals surface area contributed by atoms with Gasteiger partial charge in [0.25, 0.3) is 5.56 Å². The van der Waals surface area contributed by atoms with Crippen LogP contribution in [0.3, 0.4) is 0 Å². The highest BCUT2D eigenvalue weighted by Gasteiger charge is 2.07. The summed E-state index contributed by atoms with van der Waals surface area (Å²) in [6.07, 6.45) is 3.88. The van der Waals surface area contributed by atoms with Crippen molar-refractivity contribution < 1.29 is 0 Å². The quantitative estimate of drug-likeness (QED) is 0.765. The topological polar surface area (TPSA) is 74.4 Å². The lowest BCUT2D eigenvalue weighted by Crippen LogP contribution is -2.12. The third-order valence-corrected chi connectivity index (χ3v) is 3.36. The van der Waals surface area contributed by atoms with E-state index in [1.165, 1.54) is 0 Å².